The number of anilines is 1. The number of aryl methyl sites for hydroxylation is 1. The summed E-state index contributed by atoms with van der Waals surface area (Å²) in [5.41, 5.74) is 0.992. The Kier molecular flexibility index (Phi) is 6.56. The second-order valence-electron chi connectivity index (χ2n) is 5.18. The van der Waals surface area contributed by atoms with Gasteiger partial charge in [0.25, 0.3) is 0 Å². The van der Waals surface area contributed by atoms with Gasteiger partial charge in [0, 0.05) is 25.1 Å². The van der Waals surface area contributed by atoms with Gasteiger partial charge >= 0.3 is 0 Å². The van der Waals surface area contributed by atoms with Crippen molar-refractivity contribution in [3.05, 3.63) is 16.5 Å². The van der Waals surface area contributed by atoms with E-state index in [9.17, 15) is 0 Å². The number of rotatable bonds is 7. The molecule has 19 heavy (non-hydrogen) atoms. The van der Waals surface area contributed by atoms with Crippen LogP contribution in [0.4, 0.5) is 5.82 Å². The Balaban J connectivity index is 3.07. The molecule has 1 unspecified atom stereocenters. The van der Waals surface area contributed by atoms with Crippen LogP contribution in [0.25, 0.3) is 0 Å². The number of hydrogen-bond donors (Lipinski definition) is 0. The van der Waals surface area contributed by atoms with E-state index in [0.717, 1.165) is 43.1 Å². The Bertz CT molecular complexity index is 407. The lowest BCUT2D eigenvalue weighted by Gasteiger charge is -2.27. The molecule has 0 amide bonds. The Morgan fingerprint density at radius 1 is 1.21 bits per heavy atom. The molecule has 0 N–H and O–H groups in total. The van der Waals surface area contributed by atoms with Crippen molar-refractivity contribution in [2.24, 2.45) is 5.92 Å². The van der Waals surface area contributed by atoms with Crippen molar-refractivity contribution in [3.63, 3.8) is 0 Å². The highest BCUT2D eigenvalue weighted by Crippen LogP contribution is 2.24. The molecule has 0 bridgehead atoms. The number of aromatic nitrogens is 2. The maximum Gasteiger partial charge on any atom is 0.137 e. The summed E-state index contributed by atoms with van der Waals surface area (Å²) in [6.45, 7) is 12.8. The molecule has 0 spiro atoms. The lowest BCUT2D eigenvalue weighted by molar-refractivity contribution is 0.544. The fraction of sp³-hybridized carbons (Fsp3) is 0.733. The van der Waals surface area contributed by atoms with Crippen molar-refractivity contribution in [2.45, 2.75) is 53.9 Å². The van der Waals surface area contributed by atoms with Crippen LogP contribution in [0.15, 0.2) is 0 Å². The van der Waals surface area contributed by atoms with Crippen LogP contribution < -0.4 is 4.90 Å². The summed E-state index contributed by atoms with van der Waals surface area (Å²) in [5.74, 6) is 2.52. The van der Waals surface area contributed by atoms with Crippen LogP contribution in [0.2, 0.25) is 5.15 Å². The predicted octanol–water partition coefficient (Wildman–Crippen LogP) is 4.26. The molecule has 0 saturated carbocycles. The average Bonchev–Trinajstić information content (AvgIpc) is 2.40. The third-order valence-electron chi connectivity index (χ3n) is 3.49. The topological polar surface area (TPSA) is 29.0 Å². The molecule has 1 aromatic rings. The first kappa shape index (κ1) is 16.2. The van der Waals surface area contributed by atoms with Crippen molar-refractivity contribution in [3.8, 4) is 0 Å². The molecule has 0 radical (unpaired) electrons. The van der Waals surface area contributed by atoms with Gasteiger partial charge in [-0.3, -0.25) is 0 Å². The monoisotopic (exact) mass is 283 g/mol. The fourth-order valence-corrected chi connectivity index (χ4v) is 2.22. The second kappa shape index (κ2) is 7.68. The van der Waals surface area contributed by atoms with Crippen LogP contribution in [0.3, 0.4) is 0 Å². The van der Waals surface area contributed by atoms with E-state index < -0.39 is 0 Å². The average molecular weight is 284 g/mol. The molecule has 0 aromatic carbocycles. The van der Waals surface area contributed by atoms with Crippen LogP contribution in [-0.2, 0) is 6.42 Å². The van der Waals surface area contributed by atoms with Gasteiger partial charge in [-0.2, -0.15) is 0 Å². The molecule has 1 aromatic heterocycles. The van der Waals surface area contributed by atoms with Crippen molar-refractivity contribution in [1.29, 1.82) is 0 Å². The van der Waals surface area contributed by atoms with Gasteiger partial charge in [0.05, 0.1) is 0 Å². The summed E-state index contributed by atoms with van der Waals surface area (Å²) in [6.07, 6.45) is 3.10. The molecular weight excluding hydrogens is 258 g/mol. The number of halogens is 1. The third kappa shape index (κ3) is 4.34. The minimum atomic E-state index is 0.594. The quantitative estimate of drug-likeness (QED) is 0.700. The highest BCUT2D eigenvalue weighted by atomic mass is 35.5. The maximum atomic E-state index is 6.25. The zero-order valence-electron chi connectivity index (χ0n) is 12.8. The summed E-state index contributed by atoms with van der Waals surface area (Å²) in [6, 6.07) is 0. The lowest BCUT2D eigenvalue weighted by Crippen LogP contribution is -2.30. The normalized spacial score (nSPS) is 12.5. The molecule has 0 fully saturated rings. The molecule has 3 nitrogen and oxygen atoms in total. The molecule has 108 valence electrons. The zero-order chi connectivity index (χ0) is 14.4. The first-order chi connectivity index (χ1) is 9.03. The fourth-order valence-electron chi connectivity index (χ4n) is 2.03. The molecule has 0 saturated heterocycles. The Morgan fingerprint density at radius 3 is 2.42 bits per heavy atom. The standard InChI is InChI=1S/C15H26ClN3/c1-6-9-13-17-14(16)12(5)15(18-13)19(8-3)10-11(4)7-2/h11H,6-10H2,1-5H3. The van der Waals surface area contributed by atoms with Crippen LogP contribution in [0.5, 0.6) is 0 Å². The van der Waals surface area contributed by atoms with E-state index in [2.05, 4.69) is 37.6 Å². The van der Waals surface area contributed by atoms with Gasteiger partial charge in [-0.05, 0) is 26.2 Å². The molecule has 4 heteroatoms. The first-order valence-corrected chi connectivity index (χ1v) is 7.69. The van der Waals surface area contributed by atoms with E-state index in [1.54, 1.807) is 0 Å². The largest absolute Gasteiger partial charge is 0.356 e. The van der Waals surface area contributed by atoms with Crippen LogP contribution in [0, 0.1) is 12.8 Å². The number of hydrogen-bond acceptors (Lipinski definition) is 3. The van der Waals surface area contributed by atoms with Gasteiger partial charge in [0.1, 0.15) is 16.8 Å². The first-order valence-electron chi connectivity index (χ1n) is 7.31. The van der Waals surface area contributed by atoms with E-state index >= 15 is 0 Å². The smallest absolute Gasteiger partial charge is 0.137 e. The van der Waals surface area contributed by atoms with E-state index in [1.165, 1.54) is 6.42 Å². The van der Waals surface area contributed by atoms with Crippen molar-refractivity contribution < 1.29 is 0 Å². The Labute approximate surface area is 122 Å². The summed E-state index contributed by atoms with van der Waals surface area (Å²) < 4.78 is 0. The highest BCUT2D eigenvalue weighted by Gasteiger charge is 2.16. The van der Waals surface area contributed by atoms with Crippen molar-refractivity contribution in [2.75, 3.05) is 18.0 Å². The van der Waals surface area contributed by atoms with Crippen LogP contribution >= 0.6 is 11.6 Å². The van der Waals surface area contributed by atoms with Gasteiger partial charge in [-0.1, -0.05) is 38.8 Å². The summed E-state index contributed by atoms with van der Waals surface area (Å²) in [5, 5.41) is 0.594. The van der Waals surface area contributed by atoms with Gasteiger partial charge in [-0.15, -0.1) is 0 Å². The molecule has 0 aliphatic heterocycles. The summed E-state index contributed by atoms with van der Waals surface area (Å²) in [4.78, 5) is 11.4. The molecule has 1 heterocycles. The van der Waals surface area contributed by atoms with Crippen molar-refractivity contribution >= 4 is 17.4 Å². The third-order valence-corrected chi connectivity index (χ3v) is 3.86. The highest BCUT2D eigenvalue weighted by molar-refractivity contribution is 6.30. The molecular formula is C15H26ClN3. The van der Waals surface area contributed by atoms with E-state index in [0.29, 0.717) is 11.1 Å². The van der Waals surface area contributed by atoms with E-state index in [4.69, 9.17) is 16.6 Å². The van der Waals surface area contributed by atoms with Gasteiger partial charge in [0.2, 0.25) is 0 Å². The molecule has 0 aliphatic rings. The van der Waals surface area contributed by atoms with Gasteiger partial charge in [0.15, 0.2) is 0 Å². The van der Waals surface area contributed by atoms with E-state index in [-0.39, 0.29) is 0 Å². The Morgan fingerprint density at radius 2 is 1.89 bits per heavy atom. The molecule has 1 rings (SSSR count). The minimum Gasteiger partial charge on any atom is -0.356 e. The second-order valence-corrected chi connectivity index (χ2v) is 5.54. The van der Waals surface area contributed by atoms with Crippen molar-refractivity contribution in [1.82, 2.24) is 9.97 Å². The maximum absolute atomic E-state index is 6.25. The van der Waals surface area contributed by atoms with Crippen LogP contribution in [0.1, 0.15) is 51.9 Å². The zero-order valence-corrected chi connectivity index (χ0v) is 13.6. The molecule has 1 atom stereocenters. The van der Waals surface area contributed by atoms with Crippen LogP contribution in [-0.4, -0.2) is 23.1 Å². The SMILES string of the molecule is CCCc1nc(Cl)c(C)c(N(CC)CC(C)CC)n1. The summed E-state index contributed by atoms with van der Waals surface area (Å²) in [7, 11) is 0. The summed E-state index contributed by atoms with van der Waals surface area (Å²) >= 11 is 6.25. The van der Waals surface area contributed by atoms with Gasteiger partial charge < -0.3 is 4.90 Å². The lowest BCUT2D eigenvalue weighted by atomic mass is 10.1. The number of nitrogens with zero attached hydrogens (tertiary/aromatic N) is 3. The predicted molar refractivity (Wildman–Crippen MR) is 83.1 cm³/mol. The minimum absolute atomic E-state index is 0.594. The van der Waals surface area contributed by atoms with E-state index in [1.807, 2.05) is 6.92 Å². The molecule has 0 aliphatic carbocycles. The van der Waals surface area contributed by atoms with Gasteiger partial charge in [-0.25, -0.2) is 9.97 Å². The Hall–Kier alpha value is -0.830.